The smallest absolute Gasteiger partial charge is 0.349 e. The molecule has 1 aliphatic rings. The second-order valence-corrected chi connectivity index (χ2v) is 6.88. The van der Waals surface area contributed by atoms with Crippen molar-refractivity contribution in [3.8, 4) is 0 Å². The predicted octanol–water partition coefficient (Wildman–Crippen LogP) is 2.90. The molecule has 1 amide bonds. The van der Waals surface area contributed by atoms with Gasteiger partial charge >= 0.3 is 11.0 Å². The van der Waals surface area contributed by atoms with Crippen LogP contribution in [0.25, 0.3) is 0 Å². The number of rotatable bonds is 5. The van der Waals surface area contributed by atoms with Crippen LogP contribution in [0.15, 0.2) is 12.1 Å². The number of carbonyl (C=O) groups is 2. The van der Waals surface area contributed by atoms with Gasteiger partial charge in [-0.1, -0.05) is 31.1 Å². The summed E-state index contributed by atoms with van der Waals surface area (Å²) in [5.41, 5.74) is 0. The number of esters is 1. The van der Waals surface area contributed by atoms with Crippen LogP contribution in [-0.4, -0.2) is 28.9 Å². The van der Waals surface area contributed by atoms with Crippen LogP contribution in [0.5, 0.6) is 0 Å². The van der Waals surface area contributed by atoms with Gasteiger partial charge in [0, 0.05) is 12.1 Å². The van der Waals surface area contributed by atoms with E-state index in [1.54, 1.807) is 0 Å². The molecule has 0 spiro atoms. The molecule has 0 aromatic carbocycles. The summed E-state index contributed by atoms with van der Waals surface area (Å²) in [5, 5.41) is 13.4. The minimum atomic E-state index is -0.933. The summed E-state index contributed by atoms with van der Waals surface area (Å²) in [6, 6.07) is 2.69. The first kappa shape index (κ1) is 17.4. The average Bonchev–Trinajstić information content (AvgIpc) is 2.99. The largest absolute Gasteiger partial charge is 0.448 e. The third kappa shape index (κ3) is 4.51. The van der Waals surface area contributed by atoms with Gasteiger partial charge in [0.05, 0.1) is 4.92 Å². The number of nitro groups is 1. The highest BCUT2D eigenvalue weighted by molar-refractivity contribution is 7.17. The van der Waals surface area contributed by atoms with Crippen molar-refractivity contribution < 1.29 is 19.2 Å². The molecule has 0 aliphatic heterocycles. The SMILES string of the molecule is C[C@H](OC(=O)c1ccc([N+](=O)[O-])s1)C(=O)N[C@@H]1CCCC[C@H]1C. The van der Waals surface area contributed by atoms with Crippen molar-refractivity contribution in [2.24, 2.45) is 5.92 Å². The van der Waals surface area contributed by atoms with E-state index < -0.39 is 17.0 Å². The Morgan fingerprint density at radius 2 is 2.09 bits per heavy atom. The van der Waals surface area contributed by atoms with Gasteiger partial charge in [0.1, 0.15) is 4.88 Å². The predicted molar refractivity (Wildman–Crippen MR) is 85.4 cm³/mol. The van der Waals surface area contributed by atoms with Gasteiger partial charge in [-0.2, -0.15) is 0 Å². The van der Waals surface area contributed by atoms with Gasteiger partial charge in [0.2, 0.25) is 0 Å². The molecule has 0 radical (unpaired) electrons. The monoisotopic (exact) mass is 340 g/mol. The number of nitrogens with zero attached hydrogens (tertiary/aromatic N) is 1. The molecule has 0 bridgehead atoms. The molecule has 8 heteroatoms. The normalized spacial score (nSPS) is 22.2. The Labute approximate surface area is 138 Å². The molecule has 1 aromatic heterocycles. The Balaban J connectivity index is 1.89. The highest BCUT2D eigenvalue weighted by Gasteiger charge is 2.27. The number of hydrogen-bond donors (Lipinski definition) is 1. The van der Waals surface area contributed by atoms with Gasteiger partial charge in [-0.3, -0.25) is 14.9 Å². The van der Waals surface area contributed by atoms with Gasteiger partial charge in [0.25, 0.3) is 5.91 Å². The van der Waals surface area contributed by atoms with Crippen molar-refractivity contribution in [3.63, 3.8) is 0 Å². The van der Waals surface area contributed by atoms with E-state index in [4.69, 9.17) is 4.74 Å². The maximum atomic E-state index is 12.1. The van der Waals surface area contributed by atoms with Crippen molar-refractivity contribution in [3.05, 3.63) is 27.1 Å². The summed E-state index contributed by atoms with van der Waals surface area (Å²) in [6.07, 6.45) is 3.35. The van der Waals surface area contributed by atoms with Crippen molar-refractivity contribution in [1.29, 1.82) is 0 Å². The molecule has 0 unspecified atom stereocenters. The second-order valence-electron chi connectivity index (χ2n) is 5.82. The zero-order valence-electron chi connectivity index (χ0n) is 13.1. The summed E-state index contributed by atoms with van der Waals surface area (Å²) in [6.45, 7) is 3.61. The molecule has 126 valence electrons. The first-order chi connectivity index (χ1) is 10.9. The molecule has 1 aliphatic carbocycles. The minimum absolute atomic E-state index is 0.111. The Hall–Kier alpha value is -1.96. The molecule has 7 nitrogen and oxygen atoms in total. The Morgan fingerprint density at radius 3 is 2.70 bits per heavy atom. The van der Waals surface area contributed by atoms with Gasteiger partial charge < -0.3 is 10.1 Å². The van der Waals surface area contributed by atoms with Crippen LogP contribution in [-0.2, 0) is 9.53 Å². The lowest BCUT2D eigenvalue weighted by molar-refractivity contribution is -0.380. The topological polar surface area (TPSA) is 98.5 Å². The Morgan fingerprint density at radius 1 is 1.39 bits per heavy atom. The fourth-order valence-corrected chi connectivity index (χ4v) is 3.34. The summed E-state index contributed by atoms with van der Waals surface area (Å²) in [4.78, 5) is 34.2. The van der Waals surface area contributed by atoms with Gasteiger partial charge in [-0.05, 0) is 31.7 Å². The number of carbonyl (C=O) groups excluding carboxylic acids is 2. The lowest BCUT2D eigenvalue weighted by Crippen LogP contribution is -2.45. The van der Waals surface area contributed by atoms with Crippen LogP contribution in [0, 0.1) is 16.0 Å². The van der Waals surface area contributed by atoms with Crippen LogP contribution in [0.1, 0.15) is 49.2 Å². The van der Waals surface area contributed by atoms with E-state index in [-0.39, 0.29) is 21.8 Å². The molecular weight excluding hydrogens is 320 g/mol. The van der Waals surface area contributed by atoms with Gasteiger partial charge in [0.15, 0.2) is 6.10 Å². The average molecular weight is 340 g/mol. The van der Waals surface area contributed by atoms with Crippen molar-refractivity contribution >= 4 is 28.2 Å². The van der Waals surface area contributed by atoms with E-state index in [1.165, 1.54) is 25.5 Å². The lowest BCUT2D eigenvalue weighted by atomic mass is 9.86. The lowest BCUT2D eigenvalue weighted by Gasteiger charge is -2.30. The Bertz CT molecular complexity index is 600. The van der Waals surface area contributed by atoms with Crippen LogP contribution in [0.3, 0.4) is 0 Å². The van der Waals surface area contributed by atoms with Crippen molar-refractivity contribution in [2.45, 2.75) is 51.7 Å². The zero-order chi connectivity index (χ0) is 17.0. The van der Waals surface area contributed by atoms with Crippen molar-refractivity contribution in [2.75, 3.05) is 0 Å². The molecule has 1 aromatic rings. The van der Waals surface area contributed by atoms with E-state index in [0.29, 0.717) is 5.92 Å². The molecule has 2 rings (SSSR count). The quantitative estimate of drug-likeness (QED) is 0.505. The van der Waals surface area contributed by atoms with Gasteiger partial charge in [-0.25, -0.2) is 4.79 Å². The Kier molecular flexibility index (Phi) is 5.70. The van der Waals surface area contributed by atoms with Crippen LogP contribution in [0.4, 0.5) is 5.00 Å². The van der Waals surface area contributed by atoms with Crippen LogP contribution >= 0.6 is 11.3 Å². The highest BCUT2D eigenvalue weighted by Crippen LogP contribution is 2.25. The summed E-state index contributed by atoms with van der Waals surface area (Å²) >= 11 is 0.734. The van der Waals surface area contributed by atoms with E-state index >= 15 is 0 Å². The minimum Gasteiger partial charge on any atom is -0.448 e. The number of thiophene rings is 1. The third-order valence-electron chi connectivity index (χ3n) is 4.07. The second kappa shape index (κ2) is 7.54. The van der Waals surface area contributed by atoms with Crippen LogP contribution < -0.4 is 5.32 Å². The number of ether oxygens (including phenoxy) is 1. The van der Waals surface area contributed by atoms with Crippen molar-refractivity contribution in [1.82, 2.24) is 5.32 Å². The highest BCUT2D eigenvalue weighted by atomic mass is 32.1. The van der Waals surface area contributed by atoms with E-state index in [0.717, 1.165) is 30.6 Å². The first-order valence-electron chi connectivity index (χ1n) is 7.64. The fraction of sp³-hybridized carbons (Fsp3) is 0.600. The molecule has 1 fully saturated rings. The summed E-state index contributed by atoms with van der Waals surface area (Å²) in [5.74, 6) is -0.638. The third-order valence-corrected chi connectivity index (χ3v) is 5.08. The zero-order valence-corrected chi connectivity index (χ0v) is 13.9. The summed E-state index contributed by atoms with van der Waals surface area (Å²) < 4.78 is 5.10. The molecule has 1 heterocycles. The van der Waals surface area contributed by atoms with E-state index in [9.17, 15) is 19.7 Å². The maximum Gasteiger partial charge on any atom is 0.349 e. The summed E-state index contributed by atoms with van der Waals surface area (Å²) in [7, 11) is 0. The van der Waals surface area contributed by atoms with E-state index in [1.807, 2.05) is 0 Å². The molecule has 0 saturated heterocycles. The van der Waals surface area contributed by atoms with Gasteiger partial charge in [-0.15, -0.1) is 0 Å². The fourth-order valence-electron chi connectivity index (χ4n) is 2.64. The first-order valence-corrected chi connectivity index (χ1v) is 8.45. The molecule has 3 atom stereocenters. The molecular formula is C15H20N2O5S. The molecule has 1 saturated carbocycles. The number of hydrogen-bond acceptors (Lipinski definition) is 6. The van der Waals surface area contributed by atoms with Crippen LogP contribution in [0.2, 0.25) is 0 Å². The van der Waals surface area contributed by atoms with E-state index in [2.05, 4.69) is 12.2 Å². The number of amides is 1. The maximum absolute atomic E-state index is 12.1. The molecule has 23 heavy (non-hydrogen) atoms. The molecule has 1 N–H and O–H groups in total. The number of nitrogens with one attached hydrogen (secondary N) is 1. The standard InChI is InChI=1S/C15H20N2O5S/c1-9-5-3-4-6-11(9)16-14(18)10(2)22-15(19)12-7-8-13(23-12)17(20)21/h7-11H,3-6H2,1-2H3,(H,16,18)/t9-,10+,11-/m1/s1.